The summed E-state index contributed by atoms with van der Waals surface area (Å²) in [4.78, 5) is 28.3. The Labute approximate surface area is 166 Å². The van der Waals surface area contributed by atoms with Crippen molar-refractivity contribution in [1.82, 2.24) is 15.1 Å². The zero-order valence-corrected chi connectivity index (χ0v) is 16.3. The molecule has 2 aromatic heterocycles. The van der Waals surface area contributed by atoms with Crippen LogP contribution in [0.15, 0.2) is 42.5 Å². The summed E-state index contributed by atoms with van der Waals surface area (Å²) in [6.07, 6.45) is 1.82. The molecule has 1 aliphatic heterocycles. The van der Waals surface area contributed by atoms with Gasteiger partial charge in [-0.05, 0) is 55.7 Å². The first-order valence-electron chi connectivity index (χ1n) is 9.26. The van der Waals surface area contributed by atoms with Crippen molar-refractivity contribution in [2.45, 2.75) is 25.7 Å². The summed E-state index contributed by atoms with van der Waals surface area (Å²) in [6, 6.07) is 12.9. The van der Waals surface area contributed by atoms with Crippen LogP contribution >= 0.6 is 11.3 Å². The smallest absolute Gasteiger partial charge is 0.335 e. The predicted molar refractivity (Wildman–Crippen MR) is 108 cm³/mol. The maximum Gasteiger partial charge on any atom is 0.335 e. The van der Waals surface area contributed by atoms with E-state index in [1.165, 1.54) is 4.88 Å². The number of carboxylic acid groups (broad SMARTS) is 1. The number of likely N-dealkylation sites (tertiary alicyclic amines) is 1. The second-order valence-electron chi connectivity index (χ2n) is 7.10. The molecule has 2 N–H and O–H groups in total. The van der Waals surface area contributed by atoms with Crippen LogP contribution in [0.4, 0.5) is 0 Å². The third kappa shape index (κ3) is 3.71. The fraction of sp³-hybridized carbons (Fsp3) is 0.286. The van der Waals surface area contributed by atoms with Crippen LogP contribution in [-0.2, 0) is 0 Å². The van der Waals surface area contributed by atoms with Crippen molar-refractivity contribution in [3.05, 3.63) is 64.2 Å². The third-order valence-corrected chi connectivity index (χ3v) is 6.15. The highest BCUT2D eigenvalue weighted by Gasteiger charge is 2.27. The molecule has 1 aliphatic rings. The molecule has 4 rings (SSSR count). The number of carboxylic acids is 1. The molecule has 3 aromatic rings. The number of aromatic amines is 1. The molecule has 7 heteroatoms. The zero-order valence-electron chi connectivity index (χ0n) is 15.5. The minimum atomic E-state index is -0.932. The largest absolute Gasteiger partial charge is 0.478 e. The van der Waals surface area contributed by atoms with Gasteiger partial charge in [0.15, 0.2) is 5.69 Å². The number of rotatable bonds is 4. The standard InChI is InChI=1S/C21H21N3O3S/c1-13-7-8-19(28-13)17-11-18(23-22-17)20(25)24-9-3-6-16(12-24)14-4-2-5-15(10-14)21(26)27/h2,4-5,7-8,10-11,16H,3,6,9,12H2,1H3,(H,22,23)(H,26,27)/t16-/m1/s1. The van der Waals surface area contributed by atoms with Gasteiger partial charge in [-0.3, -0.25) is 9.89 Å². The minimum Gasteiger partial charge on any atom is -0.478 e. The number of carbonyl (C=O) groups excluding carboxylic acids is 1. The van der Waals surface area contributed by atoms with E-state index in [1.54, 1.807) is 29.5 Å². The fourth-order valence-corrected chi connectivity index (χ4v) is 4.49. The van der Waals surface area contributed by atoms with Crippen molar-refractivity contribution >= 4 is 23.2 Å². The average molecular weight is 395 g/mol. The number of benzene rings is 1. The number of carbonyl (C=O) groups is 2. The van der Waals surface area contributed by atoms with Crippen molar-refractivity contribution < 1.29 is 14.7 Å². The van der Waals surface area contributed by atoms with Gasteiger partial charge in [0.05, 0.1) is 16.1 Å². The highest BCUT2D eigenvalue weighted by atomic mass is 32.1. The number of aromatic nitrogens is 2. The summed E-state index contributed by atoms with van der Waals surface area (Å²) in [6.45, 7) is 3.31. The van der Waals surface area contributed by atoms with E-state index in [4.69, 9.17) is 0 Å². The molecule has 28 heavy (non-hydrogen) atoms. The van der Waals surface area contributed by atoms with Crippen LogP contribution in [0.3, 0.4) is 0 Å². The van der Waals surface area contributed by atoms with Crippen LogP contribution in [0, 0.1) is 6.92 Å². The average Bonchev–Trinajstić information content (AvgIpc) is 3.37. The molecule has 0 radical (unpaired) electrons. The van der Waals surface area contributed by atoms with Crippen molar-refractivity contribution in [3.8, 4) is 10.6 Å². The number of H-pyrrole nitrogens is 1. The van der Waals surface area contributed by atoms with Crippen LogP contribution in [0.5, 0.6) is 0 Å². The monoisotopic (exact) mass is 395 g/mol. The van der Waals surface area contributed by atoms with Crippen LogP contribution in [0.25, 0.3) is 10.6 Å². The second kappa shape index (κ2) is 7.59. The lowest BCUT2D eigenvalue weighted by atomic mass is 9.89. The lowest BCUT2D eigenvalue weighted by Crippen LogP contribution is -2.39. The topological polar surface area (TPSA) is 86.3 Å². The van der Waals surface area contributed by atoms with E-state index in [0.717, 1.165) is 29.0 Å². The van der Waals surface area contributed by atoms with Gasteiger partial charge >= 0.3 is 5.97 Å². The zero-order chi connectivity index (χ0) is 19.7. The lowest BCUT2D eigenvalue weighted by Gasteiger charge is -2.32. The molecule has 0 bridgehead atoms. The van der Waals surface area contributed by atoms with E-state index >= 15 is 0 Å². The number of nitrogens with zero attached hydrogens (tertiary/aromatic N) is 2. The molecule has 1 atom stereocenters. The molecule has 1 saturated heterocycles. The summed E-state index contributed by atoms with van der Waals surface area (Å²) in [5.41, 5.74) is 2.52. The van der Waals surface area contributed by atoms with Gasteiger partial charge in [-0.1, -0.05) is 12.1 Å². The first-order valence-corrected chi connectivity index (χ1v) is 10.1. The van der Waals surface area contributed by atoms with E-state index in [2.05, 4.69) is 10.2 Å². The molecule has 0 aliphatic carbocycles. The molecular weight excluding hydrogens is 374 g/mol. The summed E-state index contributed by atoms with van der Waals surface area (Å²) < 4.78 is 0. The molecule has 0 spiro atoms. The van der Waals surface area contributed by atoms with Gasteiger partial charge in [-0.25, -0.2) is 4.79 Å². The van der Waals surface area contributed by atoms with E-state index in [1.807, 2.05) is 36.1 Å². The molecule has 3 heterocycles. The molecular formula is C21H21N3O3S. The number of aryl methyl sites for hydroxylation is 1. The normalized spacial score (nSPS) is 16.9. The fourth-order valence-electron chi connectivity index (χ4n) is 3.66. The van der Waals surface area contributed by atoms with Crippen LogP contribution in [-0.4, -0.2) is 45.2 Å². The number of amides is 1. The molecule has 1 amide bonds. The molecule has 1 fully saturated rings. The molecule has 6 nitrogen and oxygen atoms in total. The first kappa shape index (κ1) is 18.4. The van der Waals surface area contributed by atoms with Gasteiger partial charge in [-0.15, -0.1) is 11.3 Å². The number of piperidine rings is 1. The van der Waals surface area contributed by atoms with Crippen molar-refractivity contribution in [1.29, 1.82) is 0 Å². The Kier molecular flexibility index (Phi) is 5.00. The Morgan fingerprint density at radius 1 is 1.25 bits per heavy atom. The second-order valence-corrected chi connectivity index (χ2v) is 8.39. The third-order valence-electron chi connectivity index (χ3n) is 5.12. The Morgan fingerprint density at radius 3 is 2.86 bits per heavy atom. The first-order chi connectivity index (χ1) is 13.5. The number of thiophene rings is 1. The molecule has 0 unspecified atom stereocenters. The van der Waals surface area contributed by atoms with Crippen LogP contribution in [0.2, 0.25) is 0 Å². The minimum absolute atomic E-state index is 0.0881. The van der Waals surface area contributed by atoms with Crippen LogP contribution in [0.1, 0.15) is 50.0 Å². The van der Waals surface area contributed by atoms with Gasteiger partial charge < -0.3 is 10.0 Å². The highest BCUT2D eigenvalue weighted by Crippen LogP contribution is 2.30. The maximum absolute atomic E-state index is 13.0. The molecule has 0 saturated carbocycles. The van der Waals surface area contributed by atoms with Crippen molar-refractivity contribution in [3.63, 3.8) is 0 Å². The summed E-state index contributed by atoms with van der Waals surface area (Å²) in [5.74, 6) is -0.885. The van der Waals surface area contributed by atoms with Gasteiger partial charge in [0.1, 0.15) is 0 Å². The lowest BCUT2D eigenvalue weighted by molar-refractivity contribution is 0.0685. The highest BCUT2D eigenvalue weighted by molar-refractivity contribution is 7.15. The number of aromatic carboxylic acids is 1. The van der Waals surface area contributed by atoms with Gasteiger partial charge in [0.2, 0.25) is 0 Å². The Morgan fingerprint density at radius 2 is 2.11 bits per heavy atom. The van der Waals surface area contributed by atoms with E-state index in [-0.39, 0.29) is 17.4 Å². The van der Waals surface area contributed by atoms with Crippen molar-refractivity contribution in [2.24, 2.45) is 0 Å². The number of hydrogen-bond acceptors (Lipinski definition) is 4. The van der Waals surface area contributed by atoms with Gasteiger partial charge in [0.25, 0.3) is 5.91 Å². The van der Waals surface area contributed by atoms with E-state index < -0.39 is 5.97 Å². The van der Waals surface area contributed by atoms with E-state index in [9.17, 15) is 14.7 Å². The summed E-state index contributed by atoms with van der Waals surface area (Å²) >= 11 is 1.66. The number of hydrogen-bond donors (Lipinski definition) is 2. The molecule has 1 aromatic carbocycles. The molecule has 144 valence electrons. The van der Waals surface area contributed by atoms with E-state index in [0.29, 0.717) is 18.8 Å². The predicted octanol–water partition coefficient (Wildman–Crippen LogP) is 4.16. The van der Waals surface area contributed by atoms with Gasteiger partial charge in [-0.2, -0.15) is 5.10 Å². The number of nitrogens with one attached hydrogen (secondary N) is 1. The maximum atomic E-state index is 13.0. The Bertz CT molecular complexity index is 1020. The van der Waals surface area contributed by atoms with Crippen molar-refractivity contribution in [2.75, 3.05) is 13.1 Å². The summed E-state index contributed by atoms with van der Waals surface area (Å²) in [7, 11) is 0. The summed E-state index contributed by atoms with van der Waals surface area (Å²) in [5, 5.41) is 16.4. The quantitative estimate of drug-likeness (QED) is 0.694. The Balaban J connectivity index is 1.50. The SMILES string of the molecule is Cc1ccc(-c2cc(C(=O)N3CCC[C@@H](c4cccc(C(=O)O)c4)C3)n[nH]2)s1. The van der Waals surface area contributed by atoms with Gasteiger partial charge in [0, 0.05) is 23.9 Å². The van der Waals surface area contributed by atoms with Crippen LogP contribution < -0.4 is 0 Å². The Hall–Kier alpha value is -2.93.